The van der Waals surface area contributed by atoms with Gasteiger partial charge in [0.05, 0.1) is 18.3 Å². The Morgan fingerprint density at radius 2 is 1.59 bits per heavy atom. The molecule has 2 heterocycles. The third-order valence-corrected chi connectivity index (χ3v) is 6.42. The van der Waals surface area contributed by atoms with Crippen LogP contribution in [0.4, 0.5) is 4.79 Å². The van der Waals surface area contributed by atoms with Crippen LogP contribution in [0.15, 0.2) is 91.1 Å². The smallest absolute Gasteiger partial charge is 0.408 e. The molecule has 0 saturated heterocycles. The number of esters is 1. The molecule has 1 amide bonds. The van der Waals surface area contributed by atoms with Crippen LogP contribution in [-0.4, -0.2) is 33.6 Å². The van der Waals surface area contributed by atoms with Crippen molar-refractivity contribution in [2.24, 2.45) is 0 Å². The van der Waals surface area contributed by atoms with Crippen molar-refractivity contribution in [3.63, 3.8) is 0 Å². The summed E-state index contributed by atoms with van der Waals surface area (Å²) in [5.41, 5.74) is 4.72. The van der Waals surface area contributed by atoms with Crippen molar-refractivity contribution in [1.82, 2.24) is 20.3 Å². The van der Waals surface area contributed by atoms with Crippen molar-refractivity contribution >= 4 is 23.0 Å². The quantitative estimate of drug-likeness (QED) is 0.199. The molecule has 8 heteroatoms. The molecule has 1 atom stereocenters. The zero-order chi connectivity index (χ0) is 27.0. The number of nitrogens with one attached hydrogen (secondary N) is 3. The van der Waals surface area contributed by atoms with E-state index >= 15 is 0 Å². The zero-order valence-corrected chi connectivity index (χ0v) is 21.6. The highest BCUT2D eigenvalue weighted by Gasteiger charge is 2.26. The minimum absolute atomic E-state index is 0.137. The summed E-state index contributed by atoms with van der Waals surface area (Å²) in [5, 5.41) is 4.01. The molecule has 0 fully saturated rings. The molecule has 39 heavy (non-hydrogen) atoms. The van der Waals surface area contributed by atoms with Gasteiger partial charge in [0.15, 0.2) is 5.69 Å². The van der Waals surface area contributed by atoms with Gasteiger partial charge in [-0.15, -0.1) is 0 Å². The summed E-state index contributed by atoms with van der Waals surface area (Å²) in [6.07, 6.45) is 2.22. The number of hydrogen-bond acceptors (Lipinski definition) is 5. The summed E-state index contributed by atoms with van der Waals surface area (Å²) in [5.74, 6) is -0.0608. The molecule has 198 valence electrons. The number of fused-ring (bicyclic) bond motifs is 1. The third-order valence-electron chi connectivity index (χ3n) is 6.42. The van der Waals surface area contributed by atoms with Crippen LogP contribution in [0.2, 0.25) is 0 Å². The number of alkyl carbamates (subject to hydrolysis) is 1. The fourth-order valence-corrected chi connectivity index (χ4v) is 4.53. The number of H-pyrrole nitrogens is 2. The van der Waals surface area contributed by atoms with E-state index in [9.17, 15) is 9.59 Å². The van der Waals surface area contributed by atoms with Crippen molar-refractivity contribution < 1.29 is 19.1 Å². The average molecular weight is 523 g/mol. The number of aromatic amines is 2. The number of imidazole rings is 1. The van der Waals surface area contributed by atoms with E-state index in [1.807, 2.05) is 91.1 Å². The molecule has 0 radical (unpaired) electrons. The van der Waals surface area contributed by atoms with Crippen LogP contribution >= 0.6 is 0 Å². The molecule has 0 aliphatic rings. The molecule has 3 N–H and O–H groups in total. The minimum Gasteiger partial charge on any atom is -0.461 e. The number of carbonyl (C=O) groups is 2. The topological polar surface area (TPSA) is 109 Å². The number of aromatic nitrogens is 3. The molecule has 0 spiro atoms. The van der Waals surface area contributed by atoms with E-state index in [1.54, 1.807) is 6.92 Å². The van der Waals surface area contributed by atoms with Crippen molar-refractivity contribution in [3.05, 3.63) is 125 Å². The maximum absolute atomic E-state index is 12.9. The standard InChI is InChI=1S/C31H30N4O4/c1-2-38-30(36)28-26(17-21-11-5-3-6-12-21)33-29(35-28)27(18-23-19-32-25-16-10-9-15-24(23)25)34-31(37)39-20-22-13-7-4-8-14-22/h3-16,19,27,32H,2,17-18,20H2,1H3,(H,33,35)(H,34,37)/t27-/m1/s1. The van der Waals surface area contributed by atoms with Crippen LogP contribution in [0.3, 0.4) is 0 Å². The van der Waals surface area contributed by atoms with Gasteiger partial charge in [0.25, 0.3) is 0 Å². The van der Waals surface area contributed by atoms with Gasteiger partial charge in [-0.05, 0) is 29.7 Å². The number of amides is 1. The molecule has 0 unspecified atom stereocenters. The Bertz CT molecular complexity index is 1540. The molecule has 2 aromatic heterocycles. The summed E-state index contributed by atoms with van der Waals surface area (Å²) in [4.78, 5) is 37.0. The highest BCUT2D eigenvalue weighted by atomic mass is 16.5. The lowest BCUT2D eigenvalue weighted by molar-refractivity contribution is 0.0518. The lowest BCUT2D eigenvalue weighted by Crippen LogP contribution is -2.31. The Morgan fingerprint density at radius 3 is 2.33 bits per heavy atom. The SMILES string of the molecule is CCOC(=O)c1nc([C@@H](Cc2c[nH]c3ccccc23)NC(=O)OCc2ccccc2)[nH]c1Cc1ccccc1. The molecule has 5 aromatic rings. The van der Waals surface area contributed by atoms with Crippen LogP contribution < -0.4 is 5.32 Å². The first-order valence-corrected chi connectivity index (χ1v) is 12.9. The van der Waals surface area contributed by atoms with E-state index < -0.39 is 18.1 Å². The fraction of sp³-hybridized carbons (Fsp3) is 0.194. The molecule has 3 aromatic carbocycles. The molecular formula is C31H30N4O4. The number of ether oxygens (including phenoxy) is 2. The van der Waals surface area contributed by atoms with Gasteiger partial charge in [-0.2, -0.15) is 0 Å². The highest BCUT2D eigenvalue weighted by Crippen LogP contribution is 2.25. The van der Waals surface area contributed by atoms with Gasteiger partial charge < -0.3 is 24.8 Å². The molecule has 0 bridgehead atoms. The lowest BCUT2D eigenvalue weighted by atomic mass is 10.0. The molecule has 0 aliphatic carbocycles. The first-order valence-electron chi connectivity index (χ1n) is 12.9. The molecule has 0 saturated carbocycles. The van der Waals surface area contributed by atoms with Crippen molar-refractivity contribution in [2.45, 2.75) is 32.4 Å². The lowest BCUT2D eigenvalue weighted by Gasteiger charge is -2.17. The first-order chi connectivity index (χ1) is 19.1. The Labute approximate surface area is 226 Å². The van der Waals surface area contributed by atoms with Gasteiger partial charge in [0.1, 0.15) is 12.4 Å². The maximum Gasteiger partial charge on any atom is 0.408 e. The number of benzene rings is 3. The summed E-state index contributed by atoms with van der Waals surface area (Å²) in [6, 6.07) is 26.7. The molecular weight excluding hydrogens is 492 g/mol. The molecule has 5 rings (SSSR count). The Hall–Kier alpha value is -4.85. The van der Waals surface area contributed by atoms with E-state index in [1.165, 1.54) is 0 Å². The summed E-state index contributed by atoms with van der Waals surface area (Å²) in [6.45, 7) is 2.12. The van der Waals surface area contributed by atoms with Crippen molar-refractivity contribution in [1.29, 1.82) is 0 Å². The van der Waals surface area contributed by atoms with E-state index in [4.69, 9.17) is 9.47 Å². The van der Waals surface area contributed by atoms with Crippen molar-refractivity contribution in [2.75, 3.05) is 6.61 Å². The van der Waals surface area contributed by atoms with Crippen LogP contribution in [-0.2, 0) is 28.9 Å². The second kappa shape index (κ2) is 12.1. The summed E-state index contributed by atoms with van der Waals surface area (Å²) >= 11 is 0. The Balaban J connectivity index is 1.45. The van der Waals surface area contributed by atoms with Gasteiger partial charge in [0, 0.05) is 29.9 Å². The van der Waals surface area contributed by atoms with Crippen LogP contribution in [0.5, 0.6) is 0 Å². The zero-order valence-electron chi connectivity index (χ0n) is 21.6. The minimum atomic E-state index is -0.592. The third kappa shape index (κ3) is 6.35. The normalized spacial score (nSPS) is 11.7. The Kier molecular flexibility index (Phi) is 8.02. The number of hydrogen-bond donors (Lipinski definition) is 3. The van der Waals surface area contributed by atoms with Gasteiger partial charge in [-0.1, -0.05) is 78.9 Å². The second-order valence-electron chi connectivity index (χ2n) is 9.15. The van der Waals surface area contributed by atoms with Gasteiger partial charge in [-0.3, -0.25) is 0 Å². The van der Waals surface area contributed by atoms with E-state index in [0.29, 0.717) is 24.4 Å². The predicted octanol–water partition coefficient (Wildman–Crippen LogP) is 5.87. The predicted molar refractivity (Wildman–Crippen MR) is 148 cm³/mol. The fourth-order valence-electron chi connectivity index (χ4n) is 4.53. The van der Waals surface area contributed by atoms with Crippen LogP contribution in [0.1, 0.15) is 51.7 Å². The maximum atomic E-state index is 12.9. The Morgan fingerprint density at radius 1 is 0.897 bits per heavy atom. The summed E-state index contributed by atoms with van der Waals surface area (Å²) < 4.78 is 10.8. The highest BCUT2D eigenvalue weighted by molar-refractivity contribution is 5.89. The number of carbonyl (C=O) groups excluding carboxylic acids is 2. The van der Waals surface area contributed by atoms with Crippen LogP contribution in [0, 0.1) is 0 Å². The number of nitrogens with zero attached hydrogens (tertiary/aromatic N) is 1. The van der Waals surface area contributed by atoms with Gasteiger partial charge in [-0.25, -0.2) is 14.6 Å². The summed E-state index contributed by atoms with van der Waals surface area (Å²) in [7, 11) is 0. The van der Waals surface area contributed by atoms with Gasteiger partial charge in [0.2, 0.25) is 0 Å². The monoisotopic (exact) mass is 522 g/mol. The van der Waals surface area contributed by atoms with Gasteiger partial charge >= 0.3 is 12.1 Å². The average Bonchev–Trinajstić information content (AvgIpc) is 3.57. The van der Waals surface area contributed by atoms with E-state index in [2.05, 4.69) is 20.3 Å². The molecule has 8 nitrogen and oxygen atoms in total. The number of para-hydroxylation sites is 1. The largest absolute Gasteiger partial charge is 0.461 e. The molecule has 0 aliphatic heterocycles. The van der Waals surface area contributed by atoms with E-state index in [-0.39, 0.29) is 18.9 Å². The number of rotatable bonds is 10. The van der Waals surface area contributed by atoms with Crippen molar-refractivity contribution in [3.8, 4) is 0 Å². The first kappa shape index (κ1) is 25.8. The second-order valence-corrected chi connectivity index (χ2v) is 9.15. The van der Waals surface area contributed by atoms with Crippen LogP contribution in [0.25, 0.3) is 10.9 Å². The van der Waals surface area contributed by atoms with E-state index in [0.717, 1.165) is 27.6 Å².